The summed E-state index contributed by atoms with van der Waals surface area (Å²) in [5, 5.41) is 0. The topological polar surface area (TPSA) is 26.3 Å². The lowest BCUT2D eigenvalue weighted by atomic mass is 9.78. The summed E-state index contributed by atoms with van der Waals surface area (Å²) in [5.41, 5.74) is 3.54. The molecule has 0 spiro atoms. The Bertz CT molecular complexity index is 715. The molecular weight excluding hydrogens is 332 g/mol. The largest absolute Gasteiger partial charge is 0.494 e. The first-order chi connectivity index (χ1) is 13.2. The Morgan fingerprint density at radius 2 is 1.56 bits per heavy atom. The van der Waals surface area contributed by atoms with Gasteiger partial charge in [0.1, 0.15) is 11.5 Å². The Labute approximate surface area is 164 Å². The van der Waals surface area contributed by atoms with E-state index < -0.39 is 0 Å². The van der Waals surface area contributed by atoms with Gasteiger partial charge in [0.05, 0.1) is 6.61 Å². The Hall–Kier alpha value is -2.09. The molecule has 0 heterocycles. The first kappa shape index (κ1) is 19.7. The average molecular weight is 365 g/mol. The van der Waals surface area contributed by atoms with Gasteiger partial charge in [0.25, 0.3) is 0 Å². The predicted octanol–water partition coefficient (Wildman–Crippen LogP) is 6.79. The van der Waals surface area contributed by atoms with Crippen molar-refractivity contribution in [3.8, 4) is 16.9 Å². The van der Waals surface area contributed by atoms with Crippen LogP contribution in [0.15, 0.2) is 48.5 Å². The van der Waals surface area contributed by atoms with Crippen molar-refractivity contribution in [3.63, 3.8) is 0 Å². The maximum absolute atomic E-state index is 12.3. The number of unbranched alkanes of at least 4 members (excludes halogenated alkanes) is 3. The summed E-state index contributed by atoms with van der Waals surface area (Å²) in [6.07, 6.45) is 7.76. The summed E-state index contributed by atoms with van der Waals surface area (Å²) in [4.78, 5) is 12.3. The first-order valence-electron chi connectivity index (χ1n) is 10.5. The van der Waals surface area contributed by atoms with Crippen molar-refractivity contribution < 1.29 is 9.53 Å². The van der Waals surface area contributed by atoms with E-state index in [0.717, 1.165) is 38.0 Å². The van der Waals surface area contributed by atoms with Crippen LogP contribution in [0.25, 0.3) is 11.1 Å². The summed E-state index contributed by atoms with van der Waals surface area (Å²) in [7, 11) is 0. The number of carbonyl (C=O) groups excluding carboxylic acids is 1. The molecule has 0 N–H and O–H groups in total. The minimum atomic E-state index is 0.0961. The lowest BCUT2D eigenvalue weighted by molar-refractivity contribution is -0.123. The van der Waals surface area contributed by atoms with Gasteiger partial charge in [0.2, 0.25) is 0 Å². The van der Waals surface area contributed by atoms with Gasteiger partial charge in [0.15, 0.2) is 0 Å². The van der Waals surface area contributed by atoms with Crippen LogP contribution in [0.3, 0.4) is 0 Å². The third-order valence-electron chi connectivity index (χ3n) is 5.65. The normalized spacial score (nSPS) is 19.9. The quantitative estimate of drug-likeness (QED) is 0.482. The van der Waals surface area contributed by atoms with E-state index >= 15 is 0 Å². The second kappa shape index (κ2) is 9.73. The van der Waals surface area contributed by atoms with E-state index in [9.17, 15) is 4.79 Å². The molecule has 2 nitrogen and oxygen atoms in total. The number of Topliss-reactive ketones (excluding diaryl/α,β-unsaturated/α-hetero) is 1. The number of ether oxygens (including phenoxy) is 1. The van der Waals surface area contributed by atoms with Gasteiger partial charge in [0, 0.05) is 12.3 Å². The minimum Gasteiger partial charge on any atom is -0.494 e. The predicted molar refractivity (Wildman–Crippen MR) is 112 cm³/mol. The molecule has 0 aliphatic heterocycles. The fourth-order valence-corrected chi connectivity index (χ4v) is 3.92. The van der Waals surface area contributed by atoms with Gasteiger partial charge in [-0.15, -0.1) is 0 Å². The van der Waals surface area contributed by atoms with Crippen LogP contribution in [0.1, 0.15) is 70.3 Å². The van der Waals surface area contributed by atoms with Crippen molar-refractivity contribution in [2.24, 2.45) is 5.92 Å². The number of hydrogen-bond acceptors (Lipinski definition) is 2. The smallest absolute Gasteiger partial charge is 0.140 e. The van der Waals surface area contributed by atoms with Gasteiger partial charge in [-0.3, -0.25) is 4.79 Å². The van der Waals surface area contributed by atoms with Crippen LogP contribution in [-0.4, -0.2) is 12.4 Å². The highest BCUT2D eigenvalue weighted by molar-refractivity contribution is 5.86. The van der Waals surface area contributed by atoms with E-state index in [4.69, 9.17) is 4.74 Å². The standard InChI is InChI=1S/C25H32O2/c1-3-4-5-6-17-27-23-14-12-21(13-15-23)20-8-10-22(11-9-20)24-16-7-19(2)18-25(24)26/h8-15,19,24H,3-7,16-18H2,1-2H3/t19-,24+/m0/s1. The molecule has 27 heavy (non-hydrogen) atoms. The molecule has 1 aliphatic carbocycles. The van der Waals surface area contributed by atoms with Gasteiger partial charge in [-0.2, -0.15) is 0 Å². The highest BCUT2D eigenvalue weighted by Gasteiger charge is 2.27. The van der Waals surface area contributed by atoms with Crippen LogP contribution < -0.4 is 4.74 Å². The number of ketones is 1. The number of rotatable bonds is 8. The van der Waals surface area contributed by atoms with Gasteiger partial charge in [-0.05, 0) is 54.0 Å². The molecule has 0 amide bonds. The van der Waals surface area contributed by atoms with Crippen molar-refractivity contribution in [1.29, 1.82) is 0 Å². The van der Waals surface area contributed by atoms with E-state index in [1.165, 1.54) is 36.0 Å². The monoisotopic (exact) mass is 364 g/mol. The van der Waals surface area contributed by atoms with Gasteiger partial charge >= 0.3 is 0 Å². The highest BCUT2D eigenvalue weighted by Crippen LogP contribution is 2.34. The van der Waals surface area contributed by atoms with Gasteiger partial charge in [-0.25, -0.2) is 0 Å². The van der Waals surface area contributed by atoms with Gasteiger partial charge in [-0.1, -0.05) is 69.5 Å². The number of carbonyl (C=O) groups is 1. The summed E-state index contributed by atoms with van der Waals surface area (Å²) in [6.45, 7) is 5.19. The van der Waals surface area contributed by atoms with E-state index in [1.807, 2.05) is 0 Å². The second-order valence-corrected chi connectivity index (χ2v) is 7.96. The third kappa shape index (κ3) is 5.45. The maximum atomic E-state index is 12.3. The van der Waals surface area contributed by atoms with Crippen LogP contribution in [0.2, 0.25) is 0 Å². The fourth-order valence-electron chi connectivity index (χ4n) is 3.92. The first-order valence-corrected chi connectivity index (χ1v) is 10.5. The SMILES string of the molecule is CCCCCCOc1ccc(-c2ccc([C@H]3CC[C@H](C)CC3=O)cc2)cc1. The zero-order chi connectivity index (χ0) is 19.1. The van der Waals surface area contributed by atoms with Crippen molar-refractivity contribution in [2.45, 2.75) is 64.7 Å². The Morgan fingerprint density at radius 1 is 0.889 bits per heavy atom. The summed E-state index contributed by atoms with van der Waals surface area (Å²) in [5.74, 6) is 1.98. The average Bonchev–Trinajstić information content (AvgIpc) is 2.69. The third-order valence-corrected chi connectivity index (χ3v) is 5.65. The van der Waals surface area contributed by atoms with Gasteiger partial charge < -0.3 is 4.74 Å². The summed E-state index contributed by atoms with van der Waals surface area (Å²) in [6, 6.07) is 16.9. The van der Waals surface area contributed by atoms with Crippen LogP contribution in [0, 0.1) is 5.92 Å². The molecule has 0 unspecified atom stereocenters. The highest BCUT2D eigenvalue weighted by atomic mass is 16.5. The van der Waals surface area contributed by atoms with Crippen molar-refractivity contribution in [1.82, 2.24) is 0 Å². The molecule has 2 heteroatoms. The van der Waals surface area contributed by atoms with Crippen LogP contribution in [-0.2, 0) is 4.79 Å². The molecule has 0 aromatic heterocycles. The molecular formula is C25H32O2. The van der Waals surface area contributed by atoms with E-state index in [-0.39, 0.29) is 5.92 Å². The maximum Gasteiger partial charge on any atom is 0.140 e. The summed E-state index contributed by atoms with van der Waals surface area (Å²) < 4.78 is 5.82. The van der Waals surface area contributed by atoms with Crippen molar-refractivity contribution in [2.75, 3.05) is 6.61 Å². The molecule has 0 saturated heterocycles. The molecule has 2 aromatic rings. The molecule has 2 aromatic carbocycles. The van der Waals surface area contributed by atoms with Crippen molar-refractivity contribution in [3.05, 3.63) is 54.1 Å². The fraction of sp³-hybridized carbons (Fsp3) is 0.480. The molecule has 1 saturated carbocycles. The van der Waals surface area contributed by atoms with Crippen LogP contribution in [0.5, 0.6) is 5.75 Å². The Kier molecular flexibility index (Phi) is 7.09. The van der Waals surface area contributed by atoms with E-state index in [0.29, 0.717) is 11.7 Å². The zero-order valence-electron chi connectivity index (χ0n) is 16.7. The molecule has 2 atom stereocenters. The lowest BCUT2D eigenvalue weighted by Gasteiger charge is -2.25. The molecule has 0 radical (unpaired) electrons. The van der Waals surface area contributed by atoms with Crippen LogP contribution >= 0.6 is 0 Å². The molecule has 144 valence electrons. The molecule has 3 rings (SSSR count). The number of benzene rings is 2. The molecule has 1 aliphatic rings. The Morgan fingerprint density at radius 3 is 2.19 bits per heavy atom. The van der Waals surface area contributed by atoms with E-state index in [1.54, 1.807) is 0 Å². The van der Waals surface area contributed by atoms with E-state index in [2.05, 4.69) is 62.4 Å². The Balaban J connectivity index is 1.57. The second-order valence-electron chi connectivity index (χ2n) is 7.96. The minimum absolute atomic E-state index is 0.0961. The molecule has 1 fully saturated rings. The molecule has 0 bridgehead atoms. The number of hydrogen-bond donors (Lipinski definition) is 0. The zero-order valence-corrected chi connectivity index (χ0v) is 16.7. The summed E-state index contributed by atoms with van der Waals surface area (Å²) >= 11 is 0. The van der Waals surface area contributed by atoms with Crippen LogP contribution in [0.4, 0.5) is 0 Å². The lowest BCUT2D eigenvalue weighted by Crippen LogP contribution is -2.21. The van der Waals surface area contributed by atoms with Crippen molar-refractivity contribution >= 4 is 5.78 Å².